The predicted octanol–water partition coefficient (Wildman–Crippen LogP) is 3.12. The fourth-order valence-corrected chi connectivity index (χ4v) is 3.70. The zero-order chi connectivity index (χ0) is 23.3. The first kappa shape index (κ1) is 23.6. The van der Waals surface area contributed by atoms with Crippen molar-refractivity contribution in [3.8, 4) is 0 Å². The Morgan fingerprint density at radius 3 is 1.41 bits per heavy atom. The van der Waals surface area contributed by atoms with Crippen molar-refractivity contribution in [3.63, 3.8) is 0 Å². The summed E-state index contributed by atoms with van der Waals surface area (Å²) in [5, 5.41) is 13.9. The molecule has 3 heterocycles. The Labute approximate surface area is 190 Å². The molecular weight excluding hydrogens is 404 g/mol. The second-order valence-electron chi connectivity index (χ2n) is 8.40. The highest BCUT2D eigenvalue weighted by Gasteiger charge is 2.11. The first-order chi connectivity index (χ1) is 15.2. The number of ether oxygens (including phenoxy) is 1. The smallest absolute Gasteiger partial charge is 0.113 e. The van der Waals surface area contributed by atoms with Crippen LogP contribution in [-0.2, 0) is 24.7 Å². The topological polar surface area (TPSA) is 69.2 Å². The Balaban J connectivity index is 1.82. The summed E-state index contributed by atoms with van der Waals surface area (Å²) in [6, 6.07) is 6.29. The van der Waals surface area contributed by atoms with Crippen molar-refractivity contribution in [2.75, 3.05) is 20.3 Å². The van der Waals surface area contributed by atoms with E-state index in [1.165, 1.54) is 0 Å². The summed E-state index contributed by atoms with van der Waals surface area (Å²) >= 11 is 0. The summed E-state index contributed by atoms with van der Waals surface area (Å²) in [5.74, 6) is 0. The van der Waals surface area contributed by atoms with Crippen LogP contribution in [0.15, 0.2) is 30.6 Å². The summed E-state index contributed by atoms with van der Waals surface area (Å²) in [5.41, 5.74) is 6.46. The van der Waals surface area contributed by atoms with E-state index in [0.717, 1.165) is 40.7 Å². The molecule has 0 radical (unpaired) electrons. The van der Waals surface area contributed by atoms with Crippen LogP contribution in [0.25, 0.3) is 0 Å². The van der Waals surface area contributed by atoms with E-state index in [4.69, 9.17) is 4.74 Å². The maximum atomic E-state index is 5.33. The minimum atomic E-state index is 0.631. The molecule has 0 bridgehead atoms. The van der Waals surface area contributed by atoms with Gasteiger partial charge in [0.25, 0.3) is 0 Å². The number of hydrogen-bond donors (Lipinski definition) is 0. The van der Waals surface area contributed by atoms with E-state index in [-0.39, 0.29) is 0 Å². The molecule has 0 amide bonds. The van der Waals surface area contributed by atoms with Crippen LogP contribution in [0.1, 0.15) is 34.2 Å². The second-order valence-corrected chi connectivity index (χ2v) is 8.40. The molecule has 174 valence electrons. The van der Waals surface area contributed by atoms with Crippen LogP contribution < -0.4 is 0 Å². The van der Waals surface area contributed by atoms with Crippen molar-refractivity contribution in [1.82, 2.24) is 39.1 Å². The fraction of sp³-hybridized carbons (Fsp3) is 0.522. The SMILES string of the molecule is COCCN(/C=C/N(Cn1nc(C)cc1C)Cn1nc(C)cc1C)Cn1nc(C)cc1C. The maximum Gasteiger partial charge on any atom is 0.113 e. The van der Waals surface area contributed by atoms with Crippen LogP contribution in [0.3, 0.4) is 0 Å². The largest absolute Gasteiger partial charge is 0.383 e. The Bertz CT molecular complexity index is 997. The van der Waals surface area contributed by atoms with Gasteiger partial charge in [0.15, 0.2) is 0 Å². The van der Waals surface area contributed by atoms with E-state index in [0.29, 0.717) is 26.6 Å². The lowest BCUT2D eigenvalue weighted by Gasteiger charge is -2.25. The minimum absolute atomic E-state index is 0.631. The molecule has 0 aliphatic rings. The Morgan fingerprint density at radius 1 is 0.688 bits per heavy atom. The van der Waals surface area contributed by atoms with E-state index < -0.39 is 0 Å². The number of nitrogens with zero attached hydrogens (tertiary/aromatic N) is 8. The first-order valence-electron chi connectivity index (χ1n) is 10.9. The third kappa shape index (κ3) is 6.23. The number of methoxy groups -OCH3 is 1. The molecule has 0 atom stereocenters. The Hall–Kier alpha value is -3.07. The highest BCUT2D eigenvalue weighted by molar-refractivity contribution is 5.08. The van der Waals surface area contributed by atoms with E-state index >= 15 is 0 Å². The Morgan fingerprint density at radius 2 is 1.06 bits per heavy atom. The van der Waals surface area contributed by atoms with Crippen molar-refractivity contribution < 1.29 is 4.74 Å². The number of aromatic nitrogens is 6. The van der Waals surface area contributed by atoms with Gasteiger partial charge >= 0.3 is 0 Å². The van der Waals surface area contributed by atoms with Crippen LogP contribution in [-0.4, -0.2) is 59.4 Å². The van der Waals surface area contributed by atoms with Crippen molar-refractivity contribution >= 4 is 0 Å². The minimum Gasteiger partial charge on any atom is -0.383 e. The van der Waals surface area contributed by atoms with E-state index in [9.17, 15) is 0 Å². The lowest BCUT2D eigenvalue weighted by Crippen LogP contribution is -2.29. The molecular formula is C23H36N8O. The Kier molecular flexibility index (Phi) is 7.74. The molecule has 9 nitrogen and oxygen atoms in total. The molecule has 3 rings (SSSR count). The first-order valence-corrected chi connectivity index (χ1v) is 10.9. The van der Waals surface area contributed by atoms with Gasteiger partial charge in [0.1, 0.15) is 20.0 Å². The lowest BCUT2D eigenvalue weighted by atomic mass is 10.4. The van der Waals surface area contributed by atoms with Gasteiger partial charge in [-0.15, -0.1) is 0 Å². The van der Waals surface area contributed by atoms with Gasteiger partial charge in [0.2, 0.25) is 0 Å². The van der Waals surface area contributed by atoms with Crippen molar-refractivity contribution in [3.05, 3.63) is 64.8 Å². The molecule has 0 saturated carbocycles. The van der Waals surface area contributed by atoms with Crippen LogP contribution in [0.2, 0.25) is 0 Å². The van der Waals surface area contributed by atoms with Crippen molar-refractivity contribution in [1.29, 1.82) is 0 Å². The number of aryl methyl sites for hydroxylation is 6. The summed E-state index contributed by atoms with van der Waals surface area (Å²) in [6.45, 7) is 15.6. The monoisotopic (exact) mass is 440 g/mol. The van der Waals surface area contributed by atoms with Crippen LogP contribution in [0, 0.1) is 41.5 Å². The summed E-state index contributed by atoms with van der Waals surface area (Å²) < 4.78 is 11.4. The maximum absolute atomic E-state index is 5.33. The molecule has 0 N–H and O–H groups in total. The molecule has 0 saturated heterocycles. The second kappa shape index (κ2) is 10.5. The average molecular weight is 441 g/mol. The van der Waals surface area contributed by atoms with Crippen LogP contribution in [0.5, 0.6) is 0 Å². The molecule has 0 aromatic carbocycles. The molecule has 0 aliphatic carbocycles. The van der Waals surface area contributed by atoms with Gasteiger partial charge in [0, 0.05) is 43.1 Å². The molecule has 3 aromatic rings. The van der Waals surface area contributed by atoms with Gasteiger partial charge in [-0.05, 0) is 59.7 Å². The summed E-state index contributed by atoms with van der Waals surface area (Å²) in [7, 11) is 1.73. The van der Waals surface area contributed by atoms with Gasteiger partial charge in [-0.3, -0.25) is 0 Å². The molecule has 32 heavy (non-hydrogen) atoms. The highest BCUT2D eigenvalue weighted by Crippen LogP contribution is 2.10. The standard InChI is InChI=1S/C23H36N8O/c1-18-12-21(4)29(24-18)15-27(10-11-32-7)8-9-28(16-30-22(5)13-19(2)25-30)17-31-23(6)14-20(3)26-31/h8-9,12-14H,10-11,15-17H2,1-7H3/b9-8+. The number of rotatable bonds is 11. The van der Waals surface area contributed by atoms with Gasteiger partial charge in [-0.25, -0.2) is 14.0 Å². The lowest BCUT2D eigenvalue weighted by molar-refractivity contribution is 0.150. The summed E-state index contributed by atoms with van der Waals surface area (Å²) in [4.78, 5) is 4.41. The third-order valence-electron chi connectivity index (χ3n) is 5.33. The highest BCUT2D eigenvalue weighted by atomic mass is 16.5. The van der Waals surface area contributed by atoms with Crippen LogP contribution >= 0.6 is 0 Å². The van der Waals surface area contributed by atoms with E-state index in [1.54, 1.807) is 7.11 Å². The van der Waals surface area contributed by atoms with Gasteiger partial charge in [0.05, 0.1) is 23.7 Å². The molecule has 0 fully saturated rings. The molecule has 0 aliphatic heterocycles. The predicted molar refractivity (Wildman–Crippen MR) is 125 cm³/mol. The summed E-state index contributed by atoms with van der Waals surface area (Å²) in [6.07, 6.45) is 4.21. The van der Waals surface area contributed by atoms with Gasteiger partial charge in [-0.2, -0.15) is 15.3 Å². The van der Waals surface area contributed by atoms with Crippen LogP contribution in [0.4, 0.5) is 0 Å². The van der Waals surface area contributed by atoms with Gasteiger partial charge < -0.3 is 14.5 Å². The normalized spacial score (nSPS) is 11.6. The number of hydrogen-bond acceptors (Lipinski definition) is 6. The van der Waals surface area contributed by atoms with Crippen molar-refractivity contribution in [2.24, 2.45) is 0 Å². The van der Waals surface area contributed by atoms with E-state index in [2.05, 4.69) is 76.5 Å². The zero-order valence-corrected chi connectivity index (χ0v) is 20.4. The molecule has 0 spiro atoms. The van der Waals surface area contributed by atoms with E-state index in [1.807, 2.05) is 34.8 Å². The molecule has 9 heteroatoms. The third-order valence-corrected chi connectivity index (χ3v) is 5.33. The van der Waals surface area contributed by atoms with Crippen molar-refractivity contribution in [2.45, 2.75) is 61.5 Å². The zero-order valence-electron chi connectivity index (χ0n) is 20.4. The fourth-order valence-electron chi connectivity index (χ4n) is 3.70. The molecule has 0 unspecified atom stereocenters. The average Bonchev–Trinajstić information content (AvgIpc) is 3.32. The quantitative estimate of drug-likeness (QED) is 0.456. The molecule has 3 aromatic heterocycles. The van der Waals surface area contributed by atoms with Gasteiger partial charge in [-0.1, -0.05) is 0 Å².